The molecule has 1 aliphatic carbocycles. The van der Waals surface area contributed by atoms with E-state index in [1.807, 2.05) is 0 Å². The molecule has 0 fully saturated rings. The van der Waals surface area contributed by atoms with E-state index < -0.39 is 0 Å². The lowest BCUT2D eigenvalue weighted by molar-refractivity contribution is 0.0990. The fourth-order valence-corrected chi connectivity index (χ4v) is 7.37. The fraction of sp³-hybridized carbons (Fsp3) is 0.103. The molecule has 0 spiro atoms. The molecule has 0 unspecified atom stereocenters. The Morgan fingerprint density at radius 3 is 2.20 bits per heavy atom. The topological polar surface area (TPSA) is 39.1 Å². The quantitative estimate of drug-likeness (QED) is 0.167. The molecule has 3 nitrogen and oxygen atoms in total. The van der Waals surface area contributed by atoms with E-state index >= 15 is 0 Å². The summed E-state index contributed by atoms with van der Waals surface area (Å²) in [5.74, 6) is -0.750. The number of thiophene rings is 1. The highest BCUT2D eigenvalue weighted by Crippen LogP contribution is 2.50. The Morgan fingerprint density at radius 2 is 1.49 bits per heavy atom. The molecule has 0 amide bonds. The number of hydrogen-bond acceptors (Lipinski definition) is 3. The van der Waals surface area contributed by atoms with E-state index in [4.69, 9.17) is 23.2 Å². The van der Waals surface area contributed by atoms with Crippen LogP contribution in [0.25, 0.3) is 32.9 Å². The number of allylic oxidation sites excluding steroid dienone is 1. The molecule has 3 heterocycles. The van der Waals surface area contributed by atoms with Gasteiger partial charge in [0.25, 0.3) is 0 Å². The van der Waals surface area contributed by atoms with Crippen LogP contribution in [0.2, 0.25) is 10.0 Å². The summed E-state index contributed by atoms with van der Waals surface area (Å²) in [6.45, 7) is 4.46. The zero-order chi connectivity index (χ0) is 24.2. The minimum absolute atomic E-state index is 0.103. The summed E-state index contributed by atoms with van der Waals surface area (Å²) in [4.78, 5) is 27.2. The number of fused-ring (bicyclic) bond motifs is 6. The molecule has 170 valence electrons. The average molecular weight is 514 g/mol. The van der Waals surface area contributed by atoms with Crippen LogP contribution in [0, 0.1) is 0 Å². The summed E-state index contributed by atoms with van der Waals surface area (Å²) < 4.78 is 2.33. The van der Waals surface area contributed by atoms with Gasteiger partial charge in [0.2, 0.25) is 0 Å². The predicted octanol–water partition coefficient (Wildman–Crippen LogP) is 8.25. The molecule has 5 aromatic rings. The maximum absolute atomic E-state index is 13.2. The first-order valence-electron chi connectivity index (χ1n) is 11.3. The first kappa shape index (κ1) is 21.1. The van der Waals surface area contributed by atoms with E-state index in [-0.39, 0.29) is 43.7 Å². The second kappa shape index (κ2) is 6.94. The van der Waals surface area contributed by atoms with Crippen molar-refractivity contribution in [3.05, 3.63) is 103 Å². The molecule has 35 heavy (non-hydrogen) atoms. The number of carbonyl (C=O) groups is 2. The largest absolute Gasteiger partial charge is 0.300 e. The van der Waals surface area contributed by atoms with Crippen LogP contribution in [0.15, 0.2) is 66.2 Å². The van der Waals surface area contributed by atoms with Crippen molar-refractivity contribution in [2.45, 2.75) is 19.3 Å². The summed E-state index contributed by atoms with van der Waals surface area (Å²) in [6, 6.07) is 20.1. The Morgan fingerprint density at radius 1 is 0.829 bits per heavy atom. The van der Waals surface area contributed by atoms with Gasteiger partial charge in [-0.05, 0) is 41.5 Å². The lowest BCUT2D eigenvalue weighted by Crippen LogP contribution is -2.24. The molecule has 0 saturated heterocycles. The van der Waals surface area contributed by atoms with Gasteiger partial charge in [-0.15, -0.1) is 11.3 Å². The van der Waals surface area contributed by atoms with E-state index in [0.29, 0.717) is 0 Å². The van der Waals surface area contributed by atoms with Crippen molar-refractivity contribution in [3.8, 4) is 5.00 Å². The van der Waals surface area contributed by atoms with Gasteiger partial charge in [0, 0.05) is 21.1 Å². The van der Waals surface area contributed by atoms with Gasteiger partial charge in [-0.25, -0.2) is 0 Å². The number of carbonyl (C=O) groups excluding carboxylic acids is 2. The zero-order valence-electron chi connectivity index (χ0n) is 18.8. The minimum atomic E-state index is -0.375. The van der Waals surface area contributed by atoms with E-state index in [1.54, 1.807) is 29.5 Å². The molecule has 3 aromatic carbocycles. The smallest absolute Gasteiger partial charge is 0.199 e. The Bertz CT molecular complexity index is 1790. The van der Waals surface area contributed by atoms with Gasteiger partial charge in [-0.1, -0.05) is 73.4 Å². The second-order valence-electron chi connectivity index (χ2n) is 9.54. The van der Waals surface area contributed by atoms with Crippen LogP contribution in [-0.4, -0.2) is 16.1 Å². The van der Waals surface area contributed by atoms with Crippen molar-refractivity contribution in [1.29, 1.82) is 0 Å². The molecule has 0 radical (unpaired) electrons. The van der Waals surface area contributed by atoms with Crippen molar-refractivity contribution in [3.63, 3.8) is 0 Å². The number of benzene rings is 3. The van der Waals surface area contributed by atoms with Gasteiger partial charge in [0.05, 0.1) is 37.8 Å². The molecule has 2 aromatic heterocycles. The Balaban J connectivity index is 1.48. The maximum atomic E-state index is 13.2. The van der Waals surface area contributed by atoms with Gasteiger partial charge in [-0.2, -0.15) is 0 Å². The summed E-state index contributed by atoms with van der Waals surface area (Å²) in [5.41, 5.74) is 5.04. The van der Waals surface area contributed by atoms with Crippen molar-refractivity contribution >= 4 is 74.0 Å². The molecule has 1 aliphatic heterocycles. The molecule has 0 bridgehead atoms. The highest BCUT2D eigenvalue weighted by molar-refractivity contribution is 7.15. The Labute approximate surface area is 215 Å². The number of Topliss-reactive ketones (excluding diaryl/α,β-unsaturated/α-hetero) is 2. The molecular formula is C29H17Cl2NO2S. The van der Waals surface area contributed by atoms with Crippen LogP contribution in [-0.2, 0) is 5.41 Å². The maximum Gasteiger partial charge on any atom is 0.199 e. The highest BCUT2D eigenvalue weighted by Gasteiger charge is 2.39. The van der Waals surface area contributed by atoms with E-state index in [9.17, 15) is 9.59 Å². The van der Waals surface area contributed by atoms with Crippen LogP contribution in [0.1, 0.15) is 50.6 Å². The zero-order valence-corrected chi connectivity index (χ0v) is 21.1. The van der Waals surface area contributed by atoms with E-state index in [0.717, 1.165) is 15.4 Å². The number of hydrogen-bond donors (Lipinski definition) is 0. The molecule has 0 saturated carbocycles. The molecule has 7 rings (SSSR count). The fourth-order valence-electron chi connectivity index (χ4n) is 5.61. The van der Waals surface area contributed by atoms with Gasteiger partial charge in [0.1, 0.15) is 5.00 Å². The normalized spacial score (nSPS) is 15.7. The number of aromatic nitrogens is 1. The van der Waals surface area contributed by atoms with Crippen LogP contribution in [0.3, 0.4) is 0 Å². The average Bonchev–Trinajstić information content (AvgIpc) is 3.49. The summed E-state index contributed by atoms with van der Waals surface area (Å²) in [7, 11) is 0. The SMILES string of the molecule is CC1(C)c2cc(C=C3C(=O)c4c(Cl)ccc(Cl)c4C3=O)sc2-n2c3ccccc3c3cccc1c32. The van der Waals surface area contributed by atoms with E-state index in [1.165, 1.54) is 27.4 Å². The summed E-state index contributed by atoms with van der Waals surface area (Å²) in [5, 5.41) is 4.04. The van der Waals surface area contributed by atoms with E-state index in [2.05, 4.69) is 66.9 Å². The van der Waals surface area contributed by atoms with Crippen molar-refractivity contribution in [2.24, 2.45) is 0 Å². The van der Waals surface area contributed by atoms with Crippen molar-refractivity contribution in [1.82, 2.24) is 4.57 Å². The number of para-hydroxylation sites is 2. The number of rotatable bonds is 1. The number of halogens is 2. The van der Waals surface area contributed by atoms with Crippen LogP contribution in [0.4, 0.5) is 0 Å². The lowest BCUT2D eigenvalue weighted by Gasteiger charge is -2.32. The molecule has 0 atom stereocenters. The van der Waals surface area contributed by atoms with Gasteiger partial charge in [0.15, 0.2) is 11.6 Å². The van der Waals surface area contributed by atoms with Gasteiger partial charge < -0.3 is 4.57 Å². The summed E-state index contributed by atoms with van der Waals surface area (Å²) in [6.07, 6.45) is 1.70. The third-order valence-corrected chi connectivity index (χ3v) is 9.01. The highest BCUT2D eigenvalue weighted by atomic mass is 35.5. The van der Waals surface area contributed by atoms with Gasteiger partial charge in [-0.3, -0.25) is 9.59 Å². The van der Waals surface area contributed by atoms with Crippen molar-refractivity contribution < 1.29 is 9.59 Å². The molecule has 6 heteroatoms. The lowest BCUT2D eigenvalue weighted by atomic mass is 9.76. The first-order chi connectivity index (χ1) is 16.8. The Kier molecular flexibility index (Phi) is 4.19. The molecule has 2 aliphatic rings. The summed E-state index contributed by atoms with van der Waals surface area (Å²) >= 11 is 14.1. The van der Waals surface area contributed by atoms with Crippen molar-refractivity contribution in [2.75, 3.05) is 0 Å². The monoisotopic (exact) mass is 513 g/mol. The first-order valence-corrected chi connectivity index (χ1v) is 12.8. The minimum Gasteiger partial charge on any atom is -0.300 e. The standard InChI is InChI=1S/C29H17Cl2NO2S/c1-29(2)18-8-5-7-16-15-6-3-4-9-22(15)32(25(16)18)28-19(29)13-14(35-28)12-17-26(33)23-20(30)10-11-21(31)24(23)27(17)34/h3-13H,1-2H3. The molecule has 0 N–H and O–H groups in total. The third-order valence-electron chi connectivity index (χ3n) is 7.31. The number of nitrogens with zero attached hydrogens (tertiary/aromatic N) is 1. The molecular weight excluding hydrogens is 497 g/mol. The Hall–Kier alpha value is -3.18. The third kappa shape index (κ3) is 2.62. The van der Waals surface area contributed by atoms with Crippen LogP contribution in [0.5, 0.6) is 0 Å². The number of ketones is 2. The van der Waals surface area contributed by atoms with Gasteiger partial charge >= 0.3 is 0 Å². The van der Waals surface area contributed by atoms with Crippen LogP contribution >= 0.6 is 34.5 Å². The van der Waals surface area contributed by atoms with Crippen LogP contribution < -0.4 is 0 Å². The predicted molar refractivity (Wildman–Crippen MR) is 144 cm³/mol. The second-order valence-corrected chi connectivity index (χ2v) is 11.4.